The van der Waals surface area contributed by atoms with Gasteiger partial charge < -0.3 is 15.1 Å². The van der Waals surface area contributed by atoms with Crippen LogP contribution in [0, 0.1) is 104 Å². The number of hydrogen-bond acceptors (Lipinski definition) is 8. The summed E-state index contributed by atoms with van der Waals surface area (Å²) in [4.78, 5) is 54.4. The average Bonchev–Trinajstić information content (AvgIpc) is 0.794. The third-order valence-corrected chi connectivity index (χ3v) is 26.8. The van der Waals surface area contributed by atoms with E-state index < -0.39 is 16.1 Å². The number of nitrogens with zero attached hydrogens (tertiary/aromatic N) is 4. The molecule has 12 aromatic rings. The molecule has 0 aliphatic rings. The van der Waals surface area contributed by atoms with Gasteiger partial charge in [0, 0.05) is 95.5 Å². The van der Waals surface area contributed by atoms with Crippen LogP contribution in [0.25, 0.3) is 88.1 Å². The predicted octanol–water partition coefficient (Wildman–Crippen LogP) is 27.4. The van der Waals surface area contributed by atoms with E-state index in [0.29, 0.717) is 0 Å². The first-order valence-electron chi connectivity index (χ1n) is 41.5. The molecule has 1 radical (unpaired) electrons. The number of aliphatic hydroxyl groups is 1. The van der Waals surface area contributed by atoms with Gasteiger partial charge in [0.05, 0.1) is 39.7 Å². The summed E-state index contributed by atoms with van der Waals surface area (Å²) in [7, 11) is -2.58. The molecule has 12 rings (SSSR count). The molecule has 0 saturated heterocycles. The SMILES string of the molecule is CCC(CC)C(=O)CC(=O)C(C)(CC)CC.CCC(CC)C(O)=CC(=O)C(C)(CC)CC.Cc1[c-]c(-c2nccc3cc(C)ccc23)cc(C)c1.Cc1[c-]c(-c2nccc3cc([Si](C)(C)C)ccc23)cc(C)c1.Cc1cc(C)cc(-c2nccc3cc(C)ccc23)c1.Cc1cc(C)cc(-c2nccc3cc([Si](C)(C)C)ccc23)c1.[Ir]. The third-order valence-electron chi connectivity index (χ3n) is 22.7. The molecule has 0 fully saturated rings. The first-order valence-corrected chi connectivity index (χ1v) is 48.5. The van der Waals surface area contributed by atoms with Gasteiger partial charge in [0.25, 0.3) is 0 Å². The van der Waals surface area contributed by atoms with Crippen molar-refractivity contribution >= 4 is 87.0 Å². The molecule has 0 saturated carbocycles. The molecule has 0 spiro atoms. The van der Waals surface area contributed by atoms with Crippen LogP contribution in [0.15, 0.2) is 194 Å². The summed E-state index contributed by atoms with van der Waals surface area (Å²) in [6.45, 7) is 55.6. The number of carbonyl (C=O) groups excluding carboxylic acids is 3. The second kappa shape index (κ2) is 42.8. The number of benzene rings is 8. The summed E-state index contributed by atoms with van der Waals surface area (Å²) < 4.78 is 0. The van der Waals surface area contributed by atoms with E-state index in [1.807, 2.05) is 94.0 Å². The second-order valence-corrected chi connectivity index (χ2v) is 44.4. The van der Waals surface area contributed by atoms with Crippen molar-refractivity contribution in [2.45, 2.75) is 236 Å². The maximum atomic E-state index is 12.1. The van der Waals surface area contributed by atoms with Crippen molar-refractivity contribution in [3.63, 3.8) is 0 Å². The molecule has 0 amide bonds. The zero-order chi connectivity index (χ0) is 84.2. The minimum atomic E-state index is -1.29. The summed E-state index contributed by atoms with van der Waals surface area (Å²) >= 11 is 0. The zero-order valence-corrected chi connectivity index (χ0v) is 78.6. The van der Waals surface area contributed by atoms with Crippen LogP contribution in [0.5, 0.6) is 0 Å². The van der Waals surface area contributed by atoms with Gasteiger partial charge in [0.2, 0.25) is 0 Å². The molecule has 115 heavy (non-hydrogen) atoms. The van der Waals surface area contributed by atoms with E-state index in [-0.39, 0.29) is 72.3 Å². The van der Waals surface area contributed by atoms with Crippen LogP contribution in [-0.2, 0) is 34.5 Å². The average molecular weight is 1750 g/mol. The van der Waals surface area contributed by atoms with Crippen LogP contribution in [0.4, 0.5) is 0 Å². The molecular weight excluding hydrogens is 1620 g/mol. The number of hydrogen-bond donors (Lipinski definition) is 1. The number of Topliss-reactive ketones (excluding diaryl/α,β-unsaturated/α-hetero) is 2. The van der Waals surface area contributed by atoms with Gasteiger partial charge in [0.1, 0.15) is 11.6 Å². The van der Waals surface area contributed by atoms with E-state index in [1.165, 1.54) is 115 Å². The molecule has 0 bridgehead atoms. The monoisotopic (exact) mass is 1750 g/mol. The number of rotatable bonds is 21. The van der Waals surface area contributed by atoms with Crippen LogP contribution in [0.2, 0.25) is 39.3 Å². The predicted molar refractivity (Wildman–Crippen MR) is 496 cm³/mol. The molecule has 0 aliphatic carbocycles. The van der Waals surface area contributed by atoms with Crippen molar-refractivity contribution < 1.29 is 39.6 Å². The molecule has 4 aromatic heterocycles. The topological polar surface area (TPSA) is 123 Å². The van der Waals surface area contributed by atoms with Crippen molar-refractivity contribution in [3.8, 4) is 45.0 Å². The molecule has 8 nitrogen and oxygen atoms in total. The van der Waals surface area contributed by atoms with Gasteiger partial charge >= 0.3 is 0 Å². The van der Waals surface area contributed by atoms with Crippen molar-refractivity contribution in [2.24, 2.45) is 22.7 Å². The van der Waals surface area contributed by atoms with E-state index in [4.69, 9.17) is 0 Å². The van der Waals surface area contributed by atoms with E-state index in [9.17, 15) is 19.5 Å². The Morgan fingerprint density at radius 3 is 1.02 bits per heavy atom. The van der Waals surface area contributed by atoms with Gasteiger partial charge in [-0.25, -0.2) is 0 Å². The van der Waals surface area contributed by atoms with Gasteiger partial charge in [0.15, 0.2) is 5.78 Å². The van der Waals surface area contributed by atoms with Crippen LogP contribution in [0.1, 0.15) is 183 Å². The van der Waals surface area contributed by atoms with E-state index in [2.05, 4.69) is 298 Å². The minimum absolute atomic E-state index is 0. The van der Waals surface area contributed by atoms with Crippen molar-refractivity contribution in [1.82, 2.24) is 19.9 Å². The Morgan fingerprint density at radius 1 is 0.383 bits per heavy atom. The maximum Gasteiger partial charge on any atom is 0.164 e. The number of ketones is 3. The smallest absolute Gasteiger partial charge is 0.164 e. The number of aryl methyl sites for hydroxylation is 10. The van der Waals surface area contributed by atoms with Crippen molar-refractivity contribution in [1.29, 1.82) is 0 Å². The number of aliphatic hydroxyl groups excluding tert-OH is 1. The second-order valence-electron chi connectivity index (χ2n) is 34.3. The van der Waals surface area contributed by atoms with E-state index in [1.54, 1.807) is 0 Å². The molecule has 0 aliphatic heterocycles. The summed E-state index contributed by atoms with van der Waals surface area (Å²) in [6.07, 6.45) is 15.9. The first-order chi connectivity index (χ1) is 53.8. The molecule has 4 heterocycles. The number of fused-ring (bicyclic) bond motifs is 4. The third kappa shape index (κ3) is 26.0. The Hall–Kier alpha value is -8.97. The molecular formula is C104H130IrN4O4Si2-2. The quantitative estimate of drug-likeness (QED) is 0.0248. The van der Waals surface area contributed by atoms with Gasteiger partial charge in [-0.2, -0.15) is 0 Å². The Labute approximate surface area is 706 Å². The van der Waals surface area contributed by atoms with Crippen LogP contribution in [-0.4, -0.2) is 58.5 Å². The van der Waals surface area contributed by atoms with Gasteiger partial charge in [-0.15, -0.1) is 69.8 Å². The normalized spacial score (nSPS) is 11.6. The number of allylic oxidation sites excluding steroid dienone is 2. The van der Waals surface area contributed by atoms with Gasteiger partial charge in [-0.3, -0.25) is 24.4 Å². The fraction of sp³-hybridized carbons (Fsp3) is 0.375. The standard InChI is InChI=1S/C20H23NSi.C20H22NSi.C18H17N.C18H16N.2C14H26O2.Ir/c2*1-14-10-15(2)12-17(11-14)20-19-7-6-18(22(3,4)5)13-16(19)8-9-21-20;2*1-12-4-5-17-15(9-12)6-7-19-18(17)16-10-13(2)8-14(3)11-16;2*1-6-11(7-2)12(15)10-13(16)14(5,8-3)9-4;/h6-13H,1-5H3;6-11,13H,1-5H3;4-11H,1-3H3;4-10H,1-3H3;11H,6-10H2,1-5H3;10-11,15H,6-9H2,1-5H3;/q;-1;;-1;;;. The molecule has 1 N–H and O–H groups in total. The van der Waals surface area contributed by atoms with Gasteiger partial charge in [-0.1, -0.05) is 265 Å². The Balaban J connectivity index is 0.000000215. The number of aromatic nitrogens is 4. The van der Waals surface area contributed by atoms with Crippen molar-refractivity contribution in [3.05, 3.63) is 262 Å². The summed E-state index contributed by atoms with van der Waals surface area (Å²) in [5, 5.41) is 22.8. The Kier molecular flexibility index (Phi) is 35.3. The maximum absolute atomic E-state index is 12.1. The van der Waals surface area contributed by atoms with Crippen LogP contribution in [0.3, 0.4) is 0 Å². The summed E-state index contributed by atoms with van der Waals surface area (Å²) in [5.74, 6) is 0.756. The summed E-state index contributed by atoms with van der Waals surface area (Å²) in [5.41, 5.74) is 20.7. The van der Waals surface area contributed by atoms with Crippen LogP contribution < -0.4 is 10.4 Å². The molecule has 0 unspecified atom stereocenters. The molecule has 11 heteroatoms. The van der Waals surface area contributed by atoms with Crippen LogP contribution >= 0.6 is 0 Å². The van der Waals surface area contributed by atoms with E-state index >= 15 is 0 Å². The molecule has 609 valence electrons. The zero-order valence-electron chi connectivity index (χ0n) is 74.2. The fourth-order valence-electron chi connectivity index (χ4n) is 14.7. The number of pyridine rings is 4. The summed E-state index contributed by atoms with van der Waals surface area (Å²) in [6, 6.07) is 63.9. The number of carbonyl (C=O) groups is 3. The molecule has 0 atom stereocenters. The minimum Gasteiger partial charge on any atom is -0.512 e. The largest absolute Gasteiger partial charge is 0.512 e. The fourth-order valence-corrected chi connectivity index (χ4v) is 17.0. The first kappa shape index (κ1) is 94.9. The molecule has 8 aromatic carbocycles. The van der Waals surface area contributed by atoms with Crippen molar-refractivity contribution in [2.75, 3.05) is 0 Å². The van der Waals surface area contributed by atoms with Gasteiger partial charge in [-0.05, 0) is 185 Å². The Morgan fingerprint density at radius 2 is 0.696 bits per heavy atom. The van der Waals surface area contributed by atoms with E-state index in [0.717, 1.165) is 96.4 Å². The Bertz CT molecular complexity index is 4980.